The SMILES string of the molecule is COc1ccc(S(=O)(=O)N(CC(=O)NCCC(C)C)C2CCCCC2)cc1OC. The number of amides is 1. The molecular weight excluding hydrogens is 392 g/mol. The lowest BCUT2D eigenvalue weighted by Gasteiger charge is -2.33. The number of rotatable bonds is 10. The molecule has 7 nitrogen and oxygen atoms in total. The fourth-order valence-electron chi connectivity index (χ4n) is 3.59. The zero-order valence-electron chi connectivity index (χ0n) is 17.9. The fraction of sp³-hybridized carbons (Fsp3) is 0.667. The van der Waals surface area contributed by atoms with Crippen LogP contribution in [0, 0.1) is 5.92 Å². The predicted octanol–water partition coefficient (Wildman–Crippen LogP) is 3.19. The first-order valence-corrected chi connectivity index (χ1v) is 11.7. The number of ether oxygens (including phenoxy) is 2. The Labute approximate surface area is 174 Å². The van der Waals surface area contributed by atoms with Crippen LogP contribution in [-0.4, -0.2) is 52.0 Å². The second-order valence-electron chi connectivity index (χ2n) is 7.89. The minimum atomic E-state index is -3.86. The largest absolute Gasteiger partial charge is 0.493 e. The van der Waals surface area contributed by atoms with Gasteiger partial charge in [-0.3, -0.25) is 4.79 Å². The minimum absolute atomic E-state index is 0.107. The van der Waals surface area contributed by atoms with E-state index >= 15 is 0 Å². The molecule has 1 aliphatic rings. The molecule has 1 amide bonds. The van der Waals surface area contributed by atoms with Crippen molar-refractivity contribution in [2.75, 3.05) is 27.3 Å². The lowest BCUT2D eigenvalue weighted by atomic mass is 9.95. The van der Waals surface area contributed by atoms with E-state index in [1.165, 1.54) is 30.7 Å². The number of nitrogens with one attached hydrogen (secondary N) is 1. The molecule has 8 heteroatoms. The molecule has 0 aromatic heterocycles. The van der Waals surface area contributed by atoms with Gasteiger partial charge in [-0.25, -0.2) is 8.42 Å². The van der Waals surface area contributed by atoms with Gasteiger partial charge in [-0.1, -0.05) is 33.1 Å². The number of sulfonamides is 1. The molecule has 1 fully saturated rings. The smallest absolute Gasteiger partial charge is 0.243 e. The van der Waals surface area contributed by atoms with E-state index in [4.69, 9.17) is 9.47 Å². The highest BCUT2D eigenvalue weighted by Gasteiger charge is 2.34. The summed E-state index contributed by atoms with van der Waals surface area (Å²) in [4.78, 5) is 12.6. The van der Waals surface area contributed by atoms with Crippen LogP contribution in [0.3, 0.4) is 0 Å². The third-order valence-corrected chi connectivity index (χ3v) is 7.18. The molecule has 0 unspecified atom stereocenters. The summed E-state index contributed by atoms with van der Waals surface area (Å²) in [5, 5.41) is 2.86. The average molecular weight is 427 g/mol. The third kappa shape index (κ3) is 6.34. The van der Waals surface area contributed by atoms with Gasteiger partial charge in [0, 0.05) is 18.7 Å². The van der Waals surface area contributed by atoms with E-state index in [1.54, 1.807) is 6.07 Å². The maximum Gasteiger partial charge on any atom is 0.243 e. The van der Waals surface area contributed by atoms with E-state index < -0.39 is 10.0 Å². The summed E-state index contributed by atoms with van der Waals surface area (Å²) in [6.07, 6.45) is 5.44. The summed E-state index contributed by atoms with van der Waals surface area (Å²) in [6, 6.07) is 4.37. The van der Waals surface area contributed by atoms with E-state index in [0.717, 1.165) is 38.5 Å². The molecule has 1 aliphatic carbocycles. The summed E-state index contributed by atoms with van der Waals surface area (Å²) in [7, 11) is -0.888. The molecule has 0 bridgehead atoms. The second kappa shape index (κ2) is 10.8. The lowest BCUT2D eigenvalue weighted by Crippen LogP contribution is -2.47. The van der Waals surface area contributed by atoms with E-state index in [9.17, 15) is 13.2 Å². The highest BCUT2D eigenvalue weighted by atomic mass is 32.2. The van der Waals surface area contributed by atoms with Crippen LogP contribution in [0.4, 0.5) is 0 Å². The molecule has 0 heterocycles. The van der Waals surface area contributed by atoms with E-state index in [2.05, 4.69) is 19.2 Å². The van der Waals surface area contributed by atoms with Crippen LogP contribution < -0.4 is 14.8 Å². The van der Waals surface area contributed by atoms with Crippen LogP contribution in [0.2, 0.25) is 0 Å². The van der Waals surface area contributed by atoms with Gasteiger partial charge in [-0.15, -0.1) is 0 Å². The Morgan fingerprint density at radius 1 is 1.14 bits per heavy atom. The molecule has 29 heavy (non-hydrogen) atoms. The van der Waals surface area contributed by atoms with Crippen molar-refractivity contribution in [2.24, 2.45) is 5.92 Å². The molecule has 0 saturated heterocycles. The normalized spacial score (nSPS) is 15.5. The molecule has 1 aromatic rings. The topological polar surface area (TPSA) is 84.9 Å². The first-order valence-electron chi connectivity index (χ1n) is 10.3. The van der Waals surface area contributed by atoms with Gasteiger partial charge in [-0.05, 0) is 37.3 Å². The monoisotopic (exact) mass is 426 g/mol. The Hall–Kier alpha value is -1.80. The number of nitrogens with zero attached hydrogens (tertiary/aromatic N) is 1. The van der Waals surface area contributed by atoms with E-state index in [0.29, 0.717) is 24.0 Å². The Morgan fingerprint density at radius 3 is 2.38 bits per heavy atom. The van der Waals surface area contributed by atoms with Crippen LogP contribution in [-0.2, 0) is 14.8 Å². The van der Waals surface area contributed by atoms with Crippen LogP contribution in [0.25, 0.3) is 0 Å². The molecular formula is C21H34N2O5S. The zero-order chi connectivity index (χ0) is 21.4. The van der Waals surface area contributed by atoms with Crippen molar-refractivity contribution in [2.45, 2.75) is 63.3 Å². The number of methoxy groups -OCH3 is 2. The van der Waals surface area contributed by atoms with Crippen molar-refractivity contribution in [1.82, 2.24) is 9.62 Å². The van der Waals surface area contributed by atoms with E-state index in [-0.39, 0.29) is 23.4 Å². The van der Waals surface area contributed by atoms with Gasteiger partial charge in [0.25, 0.3) is 0 Å². The van der Waals surface area contributed by atoms with Gasteiger partial charge >= 0.3 is 0 Å². The molecule has 0 atom stereocenters. The molecule has 1 aromatic carbocycles. The number of benzene rings is 1. The van der Waals surface area contributed by atoms with Crippen molar-refractivity contribution in [3.8, 4) is 11.5 Å². The molecule has 164 valence electrons. The van der Waals surface area contributed by atoms with Crippen LogP contribution in [0.5, 0.6) is 11.5 Å². The highest BCUT2D eigenvalue weighted by molar-refractivity contribution is 7.89. The van der Waals surface area contributed by atoms with Crippen LogP contribution in [0.15, 0.2) is 23.1 Å². The molecule has 1 saturated carbocycles. The van der Waals surface area contributed by atoms with Crippen molar-refractivity contribution in [3.63, 3.8) is 0 Å². The summed E-state index contributed by atoms with van der Waals surface area (Å²) < 4.78 is 38.8. The van der Waals surface area contributed by atoms with Crippen molar-refractivity contribution < 1.29 is 22.7 Å². The summed E-state index contributed by atoms with van der Waals surface area (Å²) in [5.74, 6) is 1.01. The second-order valence-corrected chi connectivity index (χ2v) is 9.78. The van der Waals surface area contributed by atoms with Crippen molar-refractivity contribution in [1.29, 1.82) is 0 Å². The van der Waals surface area contributed by atoms with Crippen LogP contribution >= 0.6 is 0 Å². The van der Waals surface area contributed by atoms with Crippen molar-refractivity contribution in [3.05, 3.63) is 18.2 Å². The van der Waals surface area contributed by atoms with Gasteiger partial charge in [0.15, 0.2) is 11.5 Å². The standard InChI is InChI=1S/C21H34N2O5S/c1-16(2)12-13-22-21(24)15-23(17-8-6-5-7-9-17)29(25,26)18-10-11-19(27-3)20(14-18)28-4/h10-11,14,16-17H,5-9,12-13,15H2,1-4H3,(H,22,24). The number of carbonyl (C=O) groups excluding carboxylic acids is 1. The zero-order valence-corrected chi connectivity index (χ0v) is 18.8. The highest BCUT2D eigenvalue weighted by Crippen LogP contribution is 2.33. The molecule has 0 radical (unpaired) electrons. The van der Waals surface area contributed by atoms with Gasteiger partial charge in [0.2, 0.25) is 15.9 Å². The third-order valence-electron chi connectivity index (χ3n) is 5.29. The van der Waals surface area contributed by atoms with E-state index in [1.807, 2.05) is 0 Å². The summed E-state index contributed by atoms with van der Waals surface area (Å²) in [6.45, 7) is 4.55. The number of hydrogen-bond acceptors (Lipinski definition) is 5. The lowest BCUT2D eigenvalue weighted by molar-refractivity contribution is -0.121. The first-order chi connectivity index (χ1) is 13.8. The molecule has 2 rings (SSSR count). The van der Waals surface area contributed by atoms with Gasteiger partial charge in [0.1, 0.15) is 0 Å². The quantitative estimate of drug-likeness (QED) is 0.621. The summed E-state index contributed by atoms with van der Waals surface area (Å²) in [5.41, 5.74) is 0. The number of carbonyl (C=O) groups is 1. The van der Waals surface area contributed by atoms with Gasteiger partial charge < -0.3 is 14.8 Å². The first kappa shape index (κ1) is 23.5. The Bertz CT molecular complexity index is 773. The van der Waals surface area contributed by atoms with Gasteiger partial charge in [-0.2, -0.15) is 4.31 Å². The maximum absolute atomic E-state index is 13.5. The van der Waals surface area contributed by atoms with Crippen LogP contribution in [0.1, 0.15) is 52.4 Å². The molecule has 1 N–H and O–H groups in total. The minimum Gasteiger partial charge on any atom is -0.493 e. The van der Waals surface area contributed by atoms with Gasteiger partial charge in [0.05, 0.1) is 25.7 Å². The average Bonchev–Trinajstić information content (AvgIpc) is 2.71. The molecule has 0 spiro atoms. The fourth-order valence-corrected chi connectivity index (χ4v) is 5.25. The Morgan fingerprint density at radius 2 is 1.79 bits per heavy atom. The Balaban J connectivity index is 2.27. The Kier molecular flexibility index (Phi) is 8.77. The predicted molar refractivity (Wildman–Crippen MR) is 113 cm³/mol. The van der Waals surface area contributed by atoms with Crippen molar-refractivity contribution >= 4 is 15.9 Å². The number of hydrogen-bond donors (Lipinski definition) is 1. The maximum atomic E-state index is 13.5. The molecule has 0 aliphatic heterocycles. The summed E-state index contributed by atoms with van der Waals surface area (Å²) >= 11 is 0.